The van der Waals surface area contributed by atoms with Gasteiger partial charge in [-0.25, -0.2) is 0 Å². The van der Waals surface area contributed by atoms with E-state index in [9.17, 15) is 4.79 Å². The van der Waals surface area contributed by atoms with E-state index >= 15 is 0 Å². The average Bonchev–Trinajstić information content (AvgIpc) is 3.31. The Morgan fingerprint density at radius 1 is 1.22 bits per heavy atom. The predicted molar refractivity (Wildman–Crippen MR) is 102 cm³/mol. The molecular formula is C20H18ClN3O3. The zero-order valence-corrected chi connectivity index (χ0v) is 15.7. The SMILES string of the molecule is COc1ccc(-c2noc(C3CC(=O)N(c4cccc(Cl)c4C)C3)n2)cc1. The smallest absolute Gasteiger partial charge is 0.232 e. The van der Waals surface area contributed by atoms with Crippen LogP contribution in [-0.2, 0) is 4.79 Å². The number of carbonyl (C=O) groups is 1. The molecule has 138 valence electrons. The fourth-order valence-corrected chi connectivity index (χ4v) is 3.42. The fourth-order valence-electron chi connectivity index (χ4n) is 3.25. The molecule has 2 heterocycles. The molecule has 7 heteroatoms. The summed E-state index contributed by atoms with van der Waals surface area (Å²) in [4.78, 5) is 18.8. The monoisotopic (exact) mass is 383 g/mol. The summed E-state index contributed by atoms with van der Waals surface area (Å²) in [5.74, 6) is 1.61. The Balaban J connectivity index is 1.56. The number of benzene rings is 2. The Bertz CT molecular complexity index is 984. The Kier molecular flexibility index (Phi) is 4.58. The zero-order chi connectivity index (χ0) is 19.0. The van der Waals surface area contributed by atoms with Crippen molar-refractivity contribution in [2.24, 2.45) is 0 Å². The molecule has 0 radical (unpaired) electrons. The molecule has 0 saturated carbocycles. The second-order valence-electron chi connectivity index (χ2n) is 6.47. The van der Waals surface area contributed by atoms with E-state index in [-0.39, 0.29) is 11.8 Å². The van der Waals surface area contributed by atoms with Crippen LogP contribution in [-0.4, -0.2) is 29.7 Å². The van der Waals surface area contributed by atoms with E-state index in [4.69, 9.17) is 20.9 Å². The maximum atomic E-state index is 12.5. The van der Waals surface area contributed by atoms with Crippen molar-refractivity contribution in [2.45, 2.75) is 19.3 Å². The van der Waals surface area contributed by atoms with Gasteiger partial charge in [0.05, 0.1) is 13.0 Å². The number of anilines is 1. The van der Waals surface area contributed by atoms with Gasteiger partial charge in [-0.15, -0.1) is 0 Å². The molecule has 2 aromatic carbocycles. The Morgan fingerprint density at radius 2 is 2.00 bits per heavy atom. The summed E-state index contributed by atoms with van der Waals surface area (Å²) in [5.41, 5.74) is 2.54. The molecule has 1 unspecified atom stereocenters. The van der Waals surface area contributed by atoms with Gasteiger partial charge in [-0.3, -0.25) is 4.79 Å². The van der Waals surface area contributed by atoms with Gasteiger partial charge >= 0.3 is 0 Å². The minimum atomic E-state index is -0.143. The van der Waals surface area contributed by atoms with Gasteiger partial charge in [-0.1, -0.05) is 22.8 Å². The van der Waals surface area contributed by atoms with Crippen molar-refractivity contribution in [3.05, 3.63) is 58.9 Å². The van der Waals surface area contributed by atoms with E-state index in [2.05, 4.69) is 10.1 Å². The summed E-state index contributed by atoms with van der Waals surface area (Å²) in [6, 6.07) is 13.0. The van der Waals surface area contributed by atoms with Gasteiger partial charge in [0.1, 0.15) is 5.75 Å². The highest BCUT2D eigenvalue weighted by Crippen LogP contribution is 2.35. The second kappa shape index (κ2) is 7.04. The predicted octanol–water partition coefficient (Wildman–Crippen LogP) is 4.23. The van der Waals surface area contributed by atoms with Crippen LogP contribution in [0.3, 0.4) is 0 Å². The second-order valence-corrected chi connectivity index (χ2v) is 6.88. The van der Waals surface area contributed by atoms with Crippen LogP contribution in [0.2, 0.25) is 5.02 Å². The summed E-state index contributed by atoms with van der Waals surface area (Å²) in [5, 5.41) is 4.71. The summed E-state index contributed by atoms with van der Waals surface area (Å²) < 4.78 is 10.6. The van der Waals surface area contributed by atoms with Crippen LogP contribution in [0.5, 0.6) is 5.75 Å². The van der Waals surface area contributed by atoms with E-state index in [0.717, 1.165) is 22.6 Å². The van der Waals surface area contributed by atoms with E-state index in [1.54, 1.807) is 12.0 Å². The lowest BCUT2D eigenvalue weighted by molar-refractivity contribution is -0.117. The first-order valence-corrected chi connectivity index (χ1v) is 8.98. The van der Waals surface area contributed by atoms with Crippen molar-refractivity contribution in [1.29, 1.82) is 0 Å². The molecule has 1 saturated heterocycles. The first-order valence-electron chi connectivity index (χ1n) is 8.60. The van der Waals surface area contributed by atoms with Crippen LogP contribution in [0.15, 0.2) is 47.0 Å². The summed E-state index contributed by atoms with van der Waals surface area (Å²) in [6.45, 7) is 2.40. The third-order valence-electron chi connectivity index (χ3n) is 4.79. The molecule has 3 aromatic rings. The highest BCUT2D eigenvalue weighted by Gasteiger charge is 2.35. The number of ether oxygens (including phenoxy) is 1. The van der Waals surface area contributed by atoms with Gasteiger partial charge < -0.3 is 14.2 Å². The van der Waals surface area contributed by atoms with Gasteiger partial charge in [0.15, 0.2) is 0 Å². The maximum absolute atomic E-state index is 12.5. The van der Waals surface area contributed by atoms with Crippen LogP contribution in [0, 0.1) is 6.92 Å². The van der Waals surface area contributed by atoms with E-state index in [1.807, 2.05) is 49.4 Å². The minimum absolute atomic E-state index is 0.0227. The van der Waals surface area contributed by atoms with Crippen molar-refractivity contribution >= 4 is 23.2 Å². The lowest BCUT2D eigenvalue weighted by atomic mass is 10.1. The standard InChI is InChI=1S/C20H18ClN3O3/c1-12-16(21)4-3-5-17(12)24-11-14(10-18(24)25)20-22-19(23-27-20)13-6-8-15(26-2)9-7-13/h3-9,14H,10-11H2,1-2H3. The third kappa shape index (κ3) is 3.28. The first-order chi connectivity index (χ1) is 13.1. The molecule has 1 aromatic heterocycles. The average molecular weight is 384 g/mol. The summed E-state index contributed by atoms with van der Waals surface area (Å²) >= 11 is 6.20. The molecule has 27 heavy (non-hydrogen) atoms. The molecule has 0 bridgehead atoms. The fraction of sp³-hybridized carbons (Fsp3) is 0.250. The Labute approximate surface area is 161 Å². The molecule has 6 nitrogen and oxygen atoms in total. The van der Waals surface area contributed by atoms with E-state index in [1.165, 1.54) is 0 Å². The number of hydrogen-bond acceptors (Lipinski definition) is 5. The summed E-state index contributed by atoms with van der Waals surface area (Å²) in [6.07, 6.45) is 0.330. The lowest BCUT2D eigenvalue weighted by Crippen LogP contribution is -2.25. The van der Waals surface area contributed by atoms with Crippen molar-refractivity contribution < 1.29 is 14.1 Å². The Hall–Kier alpha value is -2.86. The van der Waals surface area contributed by atoms with E-state index < -0.39 is 0 Å². The van der Waals surface area contributed by atoms with Crippen LogP contribution >= 0.6 is 11.6 Å². The minimum Gasteiger partial charge on any atom is -0.497 e. The number of aromatic nitrogens is 2. The number of carbonyl (C=O) groups excluding carboxylic acids is 1. The van der Waals surface area contributed by atoms with Crippen molar-refractivity contribution in [1.82, 2.24) is 10.1 Å². The lowest BCUT2D eigenvalue weighted by Gasteiger charge is -2.19. The first kappa shape index (κ1) is 17.5. The van der Waals surface area contributed by atoms with Gasteiger partial charge in [0.25, 0.3) is 0 Å². The molecular weight excluding hydrogens is 366 g/mol. The molecule has 0 aliphatic carbocycles. The van der Waals surface area contributed by atoms with E-state index in [0.29, 0.717) is 29.7 Å². The number of amides is 1. The molecule has 1 aliphatic rings. The van der Waals surface area contributed by atoms with Crippen molar-refractivity contribution in [3.63, 3.8) is 0 Å². The molecule has 1 aliphatic heterocycles. The number of nitrogens with zero attached hydrogens (tertiary/aromatic N) is 3. The van der Waals surface area contributed by atoms with Crippen LogP contribution < -0.4 is 9.64 Å². The molecule has 1 amide bonds. The number of hydrogen-bond donors (Lipinski definition) is 0. The van der Waals surface area contributed by atoms with Crippen molar-refractivity contribution in [2.75, 3.05) is 18.6 Å². The summed E-state index contributed by atoms with van der Waals surface area (Å²) in [7, 11) is 1.62. The highest BCUT2D eigenvalue weighted by atomic mass is 35.5. The van der Waals surface area contributed by atoms with Gasteiger partial charge in [0.2, 0.25) is 17.6 Å². The van der Waals surface area contributed by atoms with Crippen LogP contribution in [0.25, 0.3) is 11.4 Å². The normalized spacial score (nSPS) is 16.8. The zero-order valence-electron chi connectivity index (χ0n) is 15.0. The molecule has 0 spiro atoms. The van der Waals surface area contributed by atoms with Gasteiger partial charge in [-0.05, 0) is 48.9 Å². The number of rotatable bonds is 4. The van der Waals surface area contributed by atoms with Crippen LogP contribution in [0.4, 0.5) is 5.69 Å². The quantitative estimate of drug-likeness (QED) is 0.674. The molecule has 0 N–H and O–H groups in total. The maximum Gasteiger partial charge on any atom is 0.232 e. The largest absolute Gasteiger partial charge is 0.497 e. The molecule has 1 atom stereocenters. The van der Waals surface area contributed by atoms with Gasteiger partial charge in [0, 0.05) is 29.2 Å². The topological polar surface area (TPSA) is 68.5 Å². The number of halogens is 1. The molecule has 4 rings (SSSR count). The van der Waals surface area contributed by atoms with Crippen LogP contribution in [0.1, 0.15) is 23.8 Å². The Morgan fingerprint density at radius 3 is 2.74 bits per heavy atom. The van der Waals surface area contributed by atoms with Gasteiger partial charge in [-0.2, -0.15) is 4.98 Å². The molecule has 1 fully saturated rings. The van der Waals surface area contributed by atoms with Crippen molar-refractivity contribution in [3.8, 4) is 17.1 Å². The third-order valence-corrected chi connectivity index (χ3v) is 5.20. The highest BCUT2D eigenvalue weighted by molar-refractivity contribution is 6.31. The number of methoxy groups -OCH3 is 1.